The predicted molar refractivity (Wildman–Crippen MR) is 11.7 cm³/mol. The van der Waals surface area contributed by atoms with Crippen molar-refractivity contribution in [2.45, 2.75) is 6.18 Å². The molecule has 0 aromatic rings. The van der Waals surface area contributed by atoms with E-state index in [0.29, 0.717) is 0 Å². The molecule has 0 aliphatic rings. The van der Waals surface area contributed by atoms with E-state index in [4.69, 9.17) is 4.79 Å². The van der Waals surface area contributed by atoms with E-state index in [1.54, 1.807) is 0 Å². The van der Waals surface area contributed by atoms with E-state index in [-0.39, 0.29) is 23.4 Å². The van der Waals surface area contributed by atoms with Gasteiger partial charge in [0.15, 0.2) is 0 Å². The van der Waals surface area contributed by atoms with Gasteiger partial charge in [0, 0.05) is 17.1 Å². The van der Waals surface area contributed by atoms with Gasteiger partial charge >= 0.3 is 12.5 Å². The summed E-state index contributed by atoms with van der Waals surface area (Å²) in [6, 6.07) is 0. The molecule has 0 rings (SSSR count). The zero-order chi connectivity index (χ0) is 5.21. The van der Waals surface area contributed by atoms with Crippen LogP contribution in [0, 0.1) is 0 Å². The van der Waals surface area contributed by atoms with Gasteiger partial charge in [-0.25, -0.2) is 0 Å². The summed E-state index contributed by atoms with van der Waals surface area (Å²) in [5.74, 6) is 0. The van der Waals surface area contributed by atoms with Crippen molar-refractivity contribution in [3.05, 3.63) is 0 Å². The summed E-state index contributed by atoms with van der Waals surface area (Å²) in [5, 5.41) is 0. The molecule has 0 saturated heterocycles. The number of alkyl halides is 3. The average molecular weight is 161 g/mol. The Morgan fingerprint density at radius 1 is 1.29 bits per heavy atom. The van der Waals surface area contributed by atoms with E-state index in [9.17, 15) is 13.2 Å². The van der Waals surface area contributed by atoms with Crippen LogP contribution in [0.5, 0.6) is 0 Å². The molecule has 0 amide bonds. The Bertz CT molecular complexity index is 58.4. The van der Waals surface area contributed by atoms with E-state index < -0.39 is 6.18 Å². The van der Waals surface area contributed by atoms with Gasteiger partial charge in [-0.15, -0.1) is 0 Å². The molecule has 0 bridgehead atoms. The van der Waals surface area contributed by atoms with Gasteiger partial charge in [-0.05, 0) is 0 Å². The maximum absolute atomic E-state index is 10.4. The van der Waals surface area contributed by atoms with Crippen molar-refractivity contribution in [2.75, 3.05) is 0 Å². The van der Waals surface area contributed by atoms with Crippen LogP contribution >= 0.6 is 0 Å². The fraction of sp³-hybridized carbons (Fsp3) is 0.500. The third-order valence-electron chi connectivity index (χ3n) is 0.116. The number of carbonyl (C=O) groups excluding carboxylic acids is 1. The van der Waals surface area contributed by atoms with Crippen LogP contribution in [0.25, 0.3) is 0 Å². The van der Waals surface area contributed by atoms with Gasteiger partial charge in [0.1, 0.15) is 0 Å². The summed E-state index contributed by atoms with van der Waals surface area (Å²) < 4.78 is 31.1. The normalized spacial score (nSPS) is 9.57. The molecule has 7 heavy (non-hydrogen) atoms. The molecule has 0 aliphatic heterocycles. The molecule has 46 valence electrons. The Morgan fingerprint density at radius 3 is 1.43 bits per heavy atom. The maximum atomic E-state index is 10.4. The van der Waals surface area contributed by atoms with Crippen molar-refractivity contribution in [1.82, 2.24) is 0 Å². The molecule has 0 fully saturated rings. The molecule has 5 heteroatoms. The maximum Gasteiger partial charge on any atom is 0.458 e. The van der Waals surface area contributed by atoms with Crippen LogP contribution in [0.1, 0.15) is 0 Å². The molecule has 2 radical (unpaired) electrons. The van der Waals surface area contributed by atoms with Crippen LogP contribution in [-0.4, -0.2) is 12.5 Å². The van der Waals surface area contributed by atoms with Gasteiger partial charge in [0.05, 0.1) is 0 Å². The zero-order valence-corrected chi connectivity index (χ0v) is 3.79. The van der Waals surface area contributed by atoms with Crippen molar-refractivity contribution in [3.63, 3.8) is 0 Å². The van der Waals surface area contributed by atoms with Crippen molar-refractivity contribution in [2.24, 2.45) is 0 Å². The first-order chi connectivity index (χ1) is 2.56. The first kappa shape index (κ1) is 10.1. The van der Waals surface area contributed by atoms with Crippen molar-refractivity contribution in [1.29, 1.82) is 0 Å². The van der Waals surface area contributed by atoms with E-state index >= 15 is 0 Å². The second-order valence-corrected chi connectivity index (χ2v) is 0.600. The SMILES string of the molecule is O=[C]C(F)(F)F.[Cu]. The fourth-order valence-corrected chi connectivity index (χ4v) is 0. The van der Waals surface area contributed by atoms with Gasteiger partial charge in [-0.3, -0.25) is 4.79 Å². The van der Waals surface area contributed by atoms with E-state index in [2.05, 4.69) is 0 Å². The molecule has 0 aliphatic carbocycles. The van der Waals surface area contributed by atoms with Gasteiger partial charge in [-0.1, -0.05) is 0 Å². The topological polar surface area (TPSA) is 17.1 Å². The molecule has 0 spiro atoms. The van der Waals surface area contributed by atoms with Crippen LogP contribution in [0.4, 0.5) is 13.2 Å². The van der Waals surface area contributed by atoms with Gasteiger partial charge in [0.25, 0.3) is 0 Å². The van der Waals surface area contributed by atoms with Crippen LogP contribution in [0.2, 0.25) is 0 Å². The standard InChI is InChI=1S/C2F3O.Cu/c3-2(4,5)1-6;. The summed E-state index contributed by atoms with van der Waals surface area (Å²) in [4.78, 5) is 8.58. The minimum atomic E-state index is -4.76. The molecule has 0 atom stereocenters. The molecule has 1 nitrogen and oxygen atoms in total. The smallest absolute Gasteiger partial charge is 0.280 e. The number of rotatable bonds is 0. The molecule has 0 unspecified atom stereocenters. The number of hydrogen-bond acceptors (Lipinski definition) is 1. The third kappa shape index (κ3) is 10.7. The van der Waals surface area contributed by atoms with Crippen LogP contribution < -0.4 is 0 Å². The molecule has 0 heterocycles. The summed E-state index contributed by atoms with van der Waals surface area (Å²) in [5.41, 5.74) is 0. The Labute approximate surface area is 48.4 Å². The molecule has 0 aromatic heterocycles. The van der Waals surface area contributed by atoms with Crippen LogP contribution in [0.3, 0.4) is 0 Å². The second-order valence-electron chi connectivity index (χ2n) is 0.600. The molecular formula is C2CuF3O. The number of hydrogen-bond donors (Lipinski definition) is 0. The largest absolute Gasteiger partial charge is 0.458 e. The van der Waals surface area contributed by atoms with Crippen LogP contribution in [0.15, 0.2) is 0 Å². The molecular weight excluding hydrogens is 161 g/mol. The minimum Gasteiger partial charge on any atom is -0.280 e. The Morgan fingerprint density at radius 2 is 1.43 bits per heavy atom. The predicted octanol–water partition coefficient (Wildman–Crippen LogP) is 0.656. The summed E-state index contributed by atoms with van der Waals surface area (Å²) >= 11 is 0. The van der Waals surface area contributed by atoms with Crippen molar-refractivity contribution in [3.8, 4) is 0 Å². The molecule has 0 saturated carbocycles. The first-order valence-electron chi connectivity index (χ1n) is 1.02. The zero-order valence-electron chi connectivity index (χ0n) is 2.84. The van der Waals surface area contributed by atoms with E-state index in [0.717, 1.165) is 0 Å². The van der Waals surface area contributed by atoms with Crippen LogP contribution in [-0.2, 0) is 21.9 Å². The van der Waals surface area contributed by atoms with Crippen molar-refractivity contribution < 1.29 is 35.0 Å². The third-order valence-corrected chi connectivity index (χ3v) is 0.116. The van der Waals surface area contributed by atoms with E-state index in [1.165, 1.54) is 0 Å². The summed E-state index contributed by atoms with van der Waals surface area (Å²) in [7, 11) is 0. The minimum absolute atomic E-state index is 0. The molecule has 0 N–H and O–H groups in total. The number of halogens is 3. The average Bonchev–Trinajstić information content (AvgIpc) is 1.35. The van der Waals surface area contributed by atoms with Crippen molar-refractivity contribution >= 4 is 6.29 Å². The molecule has 0 aromatic carbocycles. The monoisotopic (exact) mass is 160 g/mol. The summed E-state index contributed by atoms with van der Waals surface area (Å²) in [6.07, 6.45) is -4.91. The Hall–Kier alpha value is -0.0205. The Kier molecular flexibility index (Phi) is 4.38. The van der Waals surface area contributed by atoms with Gasteiger partial charge in [0.2, 0.25) is 0 Å². The quantitative estimate of drug-likeness (QED) is 0.476. The van der Waals surface area contributed by atoms with Gasteiger partial charge < -0.3 is 0 Å². The second kappa shape index (κ2) is 3.04. The van der Waals surface area contributed by atoms with E-state index in [1.807, 2.05) is 0 Å². The van der Waals surface area contributed by atoms with Gasteiger partial charge in [-0.2, -0.15) is 13.2 Å². The first-order valence-corrected chi connectivity index (χ1v) is 1.02. The Balaban J connectivity index is 0. The summed E-state index contributed by atoms with van der Waals surface area (Å²) in [6.45, 7) is 0. The fourth-order valence-electron chi connectivity index (χ4n) is 0.